The molecule has 0 aliphatic carbocycles. The van der Waals surface area contributed by atoms with Crippen LogP contribution in [0.2, 0.25) is 0 Å². The van der Waals surface area contributed by atoms with Crippen LogP contribution in [0.1, 0.15) is 41.5 Å². The van der Waals surface area contributed by atoms with Gasteiger partial charge in [-0.25, -0.2) is 0 Å². The normalized spacial score (nSPS) is 20.7. The summed E-state index contributed by atoms with van der Waals surface area (Å²) >= 11 is 0. The summed E-state index contributed by atoms with van der Waals surface area (Å²) in [5.74, 6) is 0.781. The minimum absolute atomic E-state index is 0.0166. The average molecular weight is 360 g/mol. The van der Waals surface area contributed by atoms with E-state index >= 15 is 0 Å². The second-order valence-electron chi connectivity index (χ2n) is 8.31. The van der Waals surface area contributed by atoms with Gasteiger partial charge in [-0.05, 0) is 59.1 Å². The first-order valence-corrected chi connectivity index (χ1v) is 9.26. The van der Waals surface area contributed by atoms with Gasteiger partial charge in [-0.2, -0.15) is 0 Å². The monoisotopic (exact) mass is 360 g/mol. The highest BCUT2D eigenvalue weighted by molar-refractivity contribution is 6.62. The Morgan fingerprint density at radius 2 is 1.88 bits per heavy atom. The first-order valence-electron chi connectivity index (χ1n) is 9.26. The molecule has 2 heterocycles. The molecule has 1 N–H and O–H groups in total. The third-order valence-corrected chi connectivity index (χ3v) is 5.25. The van der Waals surface area contributed by atoms with E-state index in [1.807, 2.05) is 64.6 Å². The molecule has 0 aromatic heterocycles. The summed E-state index contributed by atoms with van der Waals surface area (Å²) in [5, 5.41) is 2.93. The predicted octanol–water partition coefficient (Wildman–Crippen LogP) is 1.71. The van der Waals surface area contributed by atoms with Crippen LogP contribution in [-0.4, -0.2) is 50.0 Å². The Balaban J connectivity index is 1.78. The van der Waals surface area contributed by atoms with Crippen LogP contribution in [0.5, 0.6) is 5.75 Å². The molecule has 2 aliphatic heterocycles. The van der Waals surface area contributed by atoms with Gasteiger partial charge < -0.3 is 24.3 Å². The molecule has 0 unspecified atom stereocenters. The van der Waals surface area contributed by atoms with Crippen molar-refractivity contribution in [3.63, 3.8) is 0 Å². The van der Waals surface area contributed by atoms with Gasteiger partial charge in [0.1, 0.15) is 12.4 Å². The van der Waals surface area contributed by atoms with Crippen LogP contribution in [0, 0.1) is 0 Å². The van der Waals surface area contributed by atoms with Crippen molar-refractivity contribution >= 4 is 24.2 Å². The SMILES string of the molecule is CC(C)NC(=O)CN1CCOc2cc(B3OC(C)(C)C(C)(C)O3)ccc21. The number of anilines is 1. The van der Waals surface area contributed by atoms with E-state index in [0.29, 0.717) is 19.7 Å². The smallest absolute Gasteiger partial charge is 0.490 e. The fourth-order valence-corrected chi connectivity index (χ4v) is 3.12. The number of amides is 1. The third kappa shape index (κ3) is 3.69. The molecule has 3 rings (SSSR count). The molecule has 1 fully saturated rings. The molecule has 1 saturated heterocycles. The zero-order valence-corrected chi connectivity index (χ0v) is 16.6. The molecule has 2 aliphatic rings. The Morgan fingerprint density at radius 1 is 1.23 bits per heavy atom. The quantitative estimate of drug-likeness (QED) is 0.829. The number of carbonyl (C=O) groups is 1. The van der Waals surface area contributed by atoms with E-state index in [9.17, 15) is 4.79 Å². The van der Waals surface area contributed by atoms with E-state index < -0.39 is 7.12 Å². The average Bonchev–Trinajstić information content (AvgIpc) is 2.74. The number of rotatable bonds is 4. The number of nitrogens with zero attached hydrogens (tertiary/aromatic N) is 1. The van der Waals surface area contributed by atoms with Crippen molar-refractivity contribution in [1.82, 2.24) is 5.32 Å². The van der Waals surface area contributed by atoms with Crippen LogP contribution in [-0.2, 0) is 14.1 Å². The Kier molecular flexibility index (Phi) is 4.97. The molecule has 26 heavy (non-hydrogen) atoms. The Morgan fingerprint density at radius 3 is 2.50 bits per heavy atom. The summed E-state index contributed by atoms with van der Waals surface area (Å²) in [6, 6.07) is 6.07. The third-order valence-electron chi connectivity index (χ3n) is 5.25. The fourth-order valence-electron chi connectivity index (χ4n) is 3.12. The highest BCUT2D eigenvalue weighted by atomic mass is 16.7. The topological polar surface area (TPSA) is 60.0 Å². The molecular weight excluding hydrogens is 331 g/mol. The minimum Gasteiger partial charge on any atom is -0.490 e. The van der Waals surface area contributed by atoms with E-state index in [2.05, 4.69) is 5.32 Å². The molecule has 0 saturated carbocycles. The second-order valence-corrected chi connectivity index (χ2v) is 8.31. The van der Waals surface area contributed by atoms with Crippen LogP contribution >= 0.6 is 0 Å². The first kappa shape index (κ1) is 19.0. The van der Waals surface area contributed by atoms with Gasteiger partial charge >= 0.3 is 7.12 Å². The van der Waals surface area contributed by atoms with Crippen LogP contribution in [0.25, 0.3) is 0 Å². The molecule has 0 bridgehead atoms. The van der Waals surface area contributed by atoms with Gasteiger partial charge in [-0.15, -0.1) is 0 Å². The molecule has 1 aromatic rings. The maximum Gasteiger partial charge on any atom is 0.494 e. The van der Waals surface area contributed by atoms with E-state index in [-0.39, 0.29) is 23.2 Å². The molecule has 6 nitrogen and oxygen atoms in total. The van der Waals surface area contributed by atoms with Gasteiger partial charge in [-0.3, -0.25) is 4.79 Å². The number of nitrogens with one attached hydrogen (secondary N) is 1. The Bertz CT molecular complexity index is 674. The Hall–Kier alpha value is -1.73. The summed E-state index contributed by atoms with van der Waals surface area (Å²) < 4.78 is 18.1. The van der Waals surface area contributed by atoms with Crippen molar-refractivity contribution in [1.29, 1.82) is 0 Å². The van der Waals surface area contributed by atoms with Gasteiger partial charge in [0.05, 0.1) is 30.0 Å². The lowest BCUT2D eigenvalue weighted by atomic mass is 9.79. The van der Waals surface area contributed by atoms with Gasteiger partial charge in [0.15, 0.2) is 0 Å². The van der Waals surface area contributed by atoms with Crippen molar-refractivity contribution in [3.8, 4) is 5.75 Å². The summed E-state index contributed by atoms with van der Waals surface area (Å²) in [6.45, 7) is 13.6. The predicted molar refractivity (Wildman–Crippen MR) is 103 cm³/mol. The van der Waals surface area contributed by atoms with E-state index in [1.165, 1.54) is 0 Å². The maximum absolute atomic E-state index is 12.1. The largest absolute Gasteiger partial charge is 0.494 e. The van der Waals surface area contributed by atoms with Gasteiger partial charge in [0.2, 0.25) is 5.91 Å². The molecule has 0 atom stereocenters. The highest BCUT2D eigenvalue weighted by Crippen LogP contribution is 2.37. The molecular formula is C19H29BN2O4. The number of carbonyl (C=O) groups excluding carboxylic acids is 1. The lowest BCUT2D eigenvalue weighted by Crippen LogP contribution is -2.43. The first-order chi connectivity index (χ1) is 12.1. The van der Waals surface area contributed by atoms with E-state index in [0.717, 1.165) is 16.9 Å². The molecule has 1 aromatic carbocycles. The molecule has 1 amide bonds. The molecule has 7 heteroatoms. The van der Waals surface area contributed by atoms with Crippen LogP contribution < -0.4 is 20.4 Å². The zero-order valence-electron chi connectivity index (χ0n) is 16.6. The number of ether oxygens (including phenoxy) is 1. The Labute approximate surface area is 156 Å². The maximum atomic E-state index is 12.1. The minimum atomic E-state index is -0.423. The summed E-state index contributed by atoms with van der Waals surface area (Å²) in [4.78, 5) is 14.2. The summed E-state index contributed by atoms with van der Waals surface area (Å²) in [5.41, 5.74) is 1.09. The number of benzene rings is 1. The number of fused-ring (bicyclic) bond motifs is 1. The van der Waals surface area contributed by atoms with Crippen molar-refractivity contribution < 1.29 is 18.8 Å². The standard InChI is InChI=1S/C19H29BN2O4/c1-13(2)21-17(23)12-22-9-10-24-16-11-14(7-8-15(16)22)20-25-18(3,4)19(5,6)26-20/h7-8,11,13H,9-10,12H2,1-6H3,(H,21,23). The summed E-state index contributed by atoms with van der Waals surface area (Å²) in [6.07, 6.45) is 0. The van der Waals surface area contributed by atoms with Gasteiger partial charge in [-0.1, -0.05) is 6.07 Å². The van der Waals surface area contributed by atoms with Crippen molar-refractivity contribution in [2.24, 2.45) is 0 Å². The lowest BCUT2D eigenvalue weighted by molar-refractivity contribution is -0.120. The highest BCUT2D eigenvalue weighted by Gasteiger charge is 2.51. The van der Waals surface area contributed by atoms with Gasteiger partial charge in [0.25, 0.3) is 0 Å². The van der Waals surface area contributed by atoms with Crippen LogP contribution in [0.15, 0.2) is 18.2 Å². The fraction of sp³-hybridized carbons (Fsp3) is 0.632. The molecule has 0 spiro atoms. The second kappa shape index (κ2) is 6.78. The van der Waals surface area contributed by atoms with Crippen LogP contribution in [0.4, 0.5) is 5.69 Å². The van der Waals surface area contributed by atoms with Crippen molar-refractivity contribution in [2.75, 3.05) is 24.6 Å². The van der Waals surface area contributed by atoms with Crippen LogP contribution in [0.3, 0.4) is 0 Å². The van der Waals surface area contributed by atoms with E-state index in [1.54, 1.807) is 0 Å². The summed E-state index contributed by atoms with van der Waals surface area (Å²) in [7, 11) is -0.423. The number of hydrogen-bond donors (Lipinski definition) is 1. The van der Waals surface area contributed by atoms with Gasteiger partial charge in [0, 0.05) is 6.04 Å². The molecule has 142 valence electrons. The lowest BCUT2D eigenvalue weighted by Gasteiger charge is -2.32. The zero-order chi connectivity index (χ0) is 19.1. The van der Waals surface area contributed by atoms with Crippen molar-refractivity contribution in [3.05, 3.63) is 18.2 Å². The van der Waals surface area contributed by atoms with E-state index in [4.69, 9.17) is 14.0 Å². The number of hydrogen-bond acceptors (Lipinski definition) is 5. The van der Waals surface area contributed by atoms with Crippen molar-refractivity contribution in [2.45, 2.75) is 58.8 Å². The molecule has 0 radical (unpaired) electrons.